The Kier molecular flexibility index (Phi) is 6.89. The number of amides is 2. The second kappa shape index (κ2) is 8.52. The summed E-state index contributed by atoms with van der Waals surface area (Å²) < 4.78 is 0. The van der Waals surface area contributed by atoms with Crippen molar-refractivity contribution < 1.29 is 9.59 Å². The minimum atomic E-state index is -0.329. The number of likely N-dealkylation sites (N-methyl/N-ethyl adjacent to an activating group) is 1. The van der Waals surface area contributed by atoms with Crippen LogP contribution in [0, 0.1) is 11.3 Å². The minimum Gasteiger partial charge on any atom is -0.342 e. The van der Waals surface area contributed by atoms with Gasteiger partial charge in [-0.2, -0.15) is 0 Å². The average molecular weight is 352 g/mol. The molecule has 1 aliphatic heterocycles. The van der Waals surface area contributed by atoms with Gasteiger partial charge in [-0.25, -0.2) is 0 Å². The number of carbonyl (C=O) groups excluding carboxylic acids is 2. The average Bonchev–Trinajstić information content (AvgIpc) is 3.09. The Hall–Kier alpha value is -1.10. The molecule has 0 radical (unpaired) electrons. The van der Waals surface area contributed by atoms with E-state index in [1.54, 1.807) is 0 Å². The summed E-state index contributed by atoms with van der Waals surface area (Å²) in [6.07, 6.45) is 4.82. The van der Waals surface area contributed by atoms with Gasteiger partial charge in [-0.1, -0.05) is 33.6 Å². The van der Waals surface area contributed by atoms with Gasteiger partial charge in [0.1, 0.15) is 0 Å². The van der Waals surface area contributed by atoms with Gasteiger partial charge < -0.3 is 9.80 Å². The molecule has 2 fully saturated rings. The molecule has 5 heteroatoms. The number of rotatable bonds is 5. The van der Waals surface area contributed by atoms with Gasteiger partial charge in [-0.3, -0.25) is 14.5 Å². The third-order valence-electron chi connectivity index (χ3n) is 5.81. The molecule has 1 heterocycles. The fraction of sp³-hybridized carbons (Fsp3) is 0.900. The van der Waals surface area contributed by atoms with Crippen LogP contribution in [0.2, 0.25) is 0 Å². The Balaban J connectivity index is 2.07. The van der Waals surface area contributed by atoms with Gasteiger partial charge in [0.25, 0.3) is 0 Å². The summed E-state index contributed by atoms with van der Waals surface area (Å²) in [5.74, 6) is 1.00. The lowest BCUT2D eigenvalue weighted by Gasteiger charge is -2.43. The Labute approximate surface area is 153 Å². The van der Waals surface area contributed by atoms with Gasteiger partial charge in [0.05, 0.1) is 6.04 Å². The minimum absolute atomic E-state index is 0.00860. The first-order valence-electron chi connectivity index (χ1n) is 10.1. The molecule has 1 saturated heterocycles. The summed E-state index contributed by atoms with van der Waals surface area (Å²) in [6.45, 7) is 14.7. The molecular formula is C20H37N3O2. The third kappa shape index (κ3) is 4.75. The predicted octanol–water partition coefficient (Wildman–Crippen LogP) is 2.60. The molecule has 0 aromatic rings. The molecular weight excluding hydrogens is 314 g/mol. The molecule has 1 atom stereocenters. The molecule has 0 bridgehead atoms. The first kappa shape index (κ1) is 20.2. The van der Waals surface area contributed by atoms with Gasteiger partial charge in [-0.05, 0) is 32.6 Å². The highest BCUT2D eigenvalue weighted by Gasteiger charge is 2.39. The summed E-state index contributed by atoms with van der Waals surface area (Å²) in [5.41, 5.74) is -0.329. The van der Waals surface area contributed by atoms with E-state index < -0.39 is 0 Å². The summed E-state index contributed by atoms with van der Waals surface area (Å²) in [6, 6.07) is 0.00860. The fourth-order valence-electron chi connectivity index (χ4n) is 4.33. The molecule has 25 heavy (non-hydrogen) atoms. The highest BCUT2D eigenvalue weighted by Crippen LogP contribution is 2.32. The highest BCUT2D eigenvalue weighted by molar-refractivity contribution is 5.83. The summed E-state index contributed by atoms with van der Waals surface area (Å²) in [7, 11) is 0. The van der Waals surface area contributed by atoms with Gasteiger partial charge in [0.15, 0.2) is 0 Å². The van der Waals surface area contributed by atoms with E-state index in [-0.39, 0.29) is 17.4 Å². The second-order valence-corrected chi connectivity index (χ2v) is 8.58. The van der Waals surface area contributed by atoms with Crippen molar-refractivity contribution in [1.29, 1.82) is 0 Å². The molecule has 1 aliphatic carbocycles. The lowest BCUT2D eigenvalue weighted by molar-refractivity contribution is -0.144. The molecule has 2 aliphatic rings. The number of carbonyl (C=O) groups is 2. The molecule has 0 unspecified atom stereocenters. The Bertz CT molecular complexity index is 454. The fourth-order valence-corrected chi connectivity index (χ4v) is 4.33. The van der Waals surface area contributed by atoms with E-state index >= 15 is 0 Å². The quantitative estimate of drug-likeness (QED) is 0.765. The van der Waals surface area contributed by atoms with E-state index in [0.717, 1.165) is 39.3 Å². The third-order valence-corrected chi connectivity index (χ3v) is 5.81. The van der Waals surface area contributed by atoms with E-state index in [1.165, 1.54) is 25.7 Å². The molecule has 2 rings (SSSR count). The van der Waals surface area contributed by atoms with Crippen molar-refractivity contribution in [3.63, 3.8) is 0 Å². The molecule has 144 valence electrons. The second-order valence-electron chi connectivity index (χ2n) is 8.58. The van der Waals surface area contributed by atoms with E-state index in [2.05, 4.69) is 18.7 Å². The largest absolute Gasteiger partial charge is 0.342 e. The van der Waals surface area contributed by atoms with Gasteiger partial charge in [0.2, 0.25) is 11.8 Å². The van der Waals surface area contributed by atoms with E-state index in [0.29, 0.717) is 11.8 Å². The zero-order valence-corrected chi connectivity index (χ0v) is 16.9. The van der Waals surface area contributed by atoms with Crippen LogP contribution in [0.1, 0.15) is 60.3 Å². The molecule has 2 amide bonds. The monoisotopic (exact) mass is 351 g/mol. The summed E-state index contributed by atoms with van der Waals surface area (Å²) in [5, 5.41) is 0. The zero-order valence-electron chi connectivity index (χ0n) is 16.9. The molecule has 0 N–H and O–H groups in total. The number of hydrogen-bond acceptors (Lipinski definition) is 3. The van der Waals surface area contributed by atoms with Gasteiger partial charge in [-0.15, -0.1) is 0 Å². The Morgan fingerprint density at radius 3 is 1.96 bits per heavy atom. The van der Waals surface area contributed by atoms with E-state index in [4.69, 9.17) is 0 Å². The summed E-state index contributed by atoms with van der Waals surface area (Å²) >= 11 is 0. The van der Waals surface area contributed by atoms with Crippen molar-refractivity contribution in [2.24, 2.45) is 11.3 Å². The molecule has 5 nitrogen and oxygen atoms in total. The van der Waals surface area contributed by atoms with Crippen molar-refractivity contribution in [1.82, 2.24) is 14.7 Å². The van der Waals surface area contributed by atoms with Crippen LogP contribution < -0.4 is 0 Å². The van der Waals surface area contributed by atoms with Gasteiger partial charge >= 0.3 is 0 Å². The zero-order chi connectivity index (χ0) is 18.6. The van der Waals surface area contributed by atoms with Crippen molar-refractivity contribution >= 4 is 11.8 Å². The smallest absolute Gasteiger partial charge is 0.240 e. The lowest BCUT2D eigenvalue weighted by atomic mass is 9.93. The highest BCUT2D eigenvalue weighted by atomic mass is 16.2. The maximum Gasteiger partial charge on any atom is 0.240 e. The Morgan fingerprint density at radius 2 is 1.52 bits per heavy atom. The van der Waals surface area contributed by atoms with Crippen LogP contribution in [0.3, 0.4) is 0 Å². The molecule has 0 spiro atoms. The standard InChI is InChI=1S/C20H37N3O2/c1-6-21(7-2)18(24)17(16-10-8-9-11-16)22-12-14-23(15-13-22)19(25)20(3,4)5/h16-17H,6-15H2,1-5H3/t17-/m1/s1. The van der Waals surface area contributed by atoms with Gasteiger partial charge in [0, 0.05) is 44.7 Å². The van der Waals surface area contributed by atoms with E-state index in [1.807, 2.05) is 30.6 Å². The van der Waals surface area contributed by atoms with Crippen LogP contribution in [-0.4, -0.2) is 71.8 Å². The Morgan fingerprint density at radius 1 is 1.00 bits per heavy atom. The van der Waals surface area contributed by atoms with E-state index in [9.17, 15) is 9.59 Å². The van der Waals surface area contributed by atoms with Crippen molar-refractivity contribution in [3.05, 3.63) is 0 Å². The molecule has 0 aromatic carbocycles. The summed E-state index contributed by atoms with van der Waals surface area (Å²) in [4.78, 5) is 32.0. The topological polar surface area (TPSA) is 43.9 Å². The number of piperazine rings is 1. The number of nitrogens with zero attached hydrogens (tertiary/aromatic N) is 3. The maximum absolute atomic E-state index is 13.2. The molecule has 0 aromatic heterocycles. The van der Waals surface area contributed by atoms with Crippen molar-refractivity contribution in [2.75, 3.05) is 39.3 Å². The van der Waals surface area contributed by atoms with Crippen LogP contribution in [0.4, 0.5) is 0 Å². The first-order valence-corrected chi connectivity index (χ1v) is 10.1. The SMILES string of the molecule is CCN(CC)C(=O)[C@@H](C1CCCC1)N1CCN(C(=O)C(C)(C)C)CC1. The molecule has 1 saturated carbocycles. The predicted molar refractivity (Wildman–Crippen MR) is 101 cm³/mol. The van der Waals surface area contributed by atoms with Crippen LogP contribution in [0.5, 0.6) is 0 Å². The van der Waals surface area contributed by atoms with Crippen LogP contribution in [0.15, 0.2) is 0 Å². The maximum atomic E-state index is 13.2. The van der Waals surface area contributed by atoms with Crippen LogP contribution in [-0.2, 0) is 9.59 Å². The van der Waals surface area contributed by atoms with Crippen LogP contribution in [0.25, 0.3) is 0 Å². The first-order chi connectivity index (χ1) is 11.8. The lowest BCUT2D eigenvalue weighted by Crippen LogP contribution is -2.59. The van der Waals surface area contributed by atoms with Crippen molar-refractivity contribution in [3.8, 4) is 0 Å². The van der Waals surface area contributed by atoms with Crippen LogP contribution >= 0.6 is 0 Å². The number of hydrogen-bond donors (Lipinski definition) is 0. The van der Waals surface area contributed by atoms with Crippen molar-refractivity contribution in [2.45, 2.75) is 66.3 Å². The normalized spacial score (nSPS) is 21.4.